The van der Waals surface area contributed by atoms with Gasteiger partial charge in [-0.2, -0.15) is 0 Å². The molecule has 1 fully saturated rings. The van der Waals surface area contributed by atoms with Crippen molar-refractivity contribution in [2.24, 2.45) is 11.7 Å². The average molecular weight is 236 g/mol. The molecule has 0 radical (unpaired) electrons. The summed E-state index contributed by atoms with van der Waals surface area (Å²) in [7, 11) is 0. The Morgan fingerprint density at radius 2 is 2.35 bits per heavy atom. The molecule has 1 aliphatic rings. The summed E-state index contributed by atoms with van der Waals surface area (Å²) in [6, 6.07) is 1.90. The summed E-state index contributed by atoms with van der Waals surface area (Å²) < 4.78 is 5.57. The van der Waals surface area contributed by atoms with Crippen molar-refractivity contribution in [3.63, 3.8) is 0 Å². The molecule has 2 N–H and O–H groups in total. The van der Waals surface area contributed by atoms with Crippen molar-refractivity contribution in [2.45, 2.75) is 26.4 Å². The fourth-order valence-corrected chi connectivity index (χ4v) is 2.04. The van der Waals surface area contributed by atoms with Crippen LogP contribution in [0.3, 0.4) is 0 Å². The Morgan fingerprint density at radius 1 is 1.53 bits per heavy atom. The summed E-state index contributed by atoms with van der Waals surface area (Å²) in [5.41, 5.74) is 5.69. The first-order chi connectivity index (χ1) is 8.19. The lowest BCUT2D eigenvalue weighted by molar-refractivity contribution is 0.232. The second-order valence-corrected chi connectivity index (χ2v) is 4.72. The van der Waals surface area contributed by atoms with E-state index in [4.69, 9.17) is 10.5 Å². The van der Waals surface area contributed by atoms with Gasteiger partial charge in [0.1, 0.15) is 12.1 Å². The highest BCUT2D eigenvalue weighted by atomic mass is 16.5. The van der Waals surface area contributed by atoms with Gasteiger partial charge in [0.15, 0.2) is 0 Å². The van der Waals surface area contributed by atoms with Crippen molar-refractivity contribution >= 4 is 5.82 Å². The Hall–Kier alpha value is -1.36. The van der Waals surface area contributed by atoms with E-state index in [9.17, 15) is 0 Å². The molecule has 0 aromatic carbocycles. The predicted octanol–water partition coefficient (Wildman–Crippen LogP) is 1.05. The highest BCUT2D eigenvalue weighted by molar-refractivity contribution is 5.41. The SMILES string of the molecule is CC(C)Oc1cc(N2CCC(CN)C2)ncn1. The number of nitrogens with two attached hydrogens (primary N) is 1. The first-order valence-electron chi connectivity index (χ1n) is 6.12. The molecular formula is C12H20N4O. The van der Waals surface area contributed by atoms with Crippen LogP contribution in [0.1, 0.15) is 20.3 Å². The number of aromatic nitrogens is 2. The molecule has 5 heteroatoms. The molecule has 1 saturated heterocycles. The topological polar surface area (TPSA) is 64.3 Å². The van der Waals surface area contributed by atoms with Crippen LogP contribution >= 0.6 is 0 Å². The van der Waals surface area contributed by atoms with Gasteiger partial charge >= 0.3 is 0 Å². The number of hydrogen-bond acceptors (Lipinski definition) is 5. The molecule has 1 aliphatic heterocycles. The van der Waals surface area contributed by atoms with Crippen molar-refractivity contribution in [2.75, 3.05) is 24.5 Å². The molecule has 2 rings (SSSR count). The van der Waals surface area contributed by atoms with E-state index in [0.29, 0.717) is 11.8 Å². The van der Waals surface area contributed by atoms with Crippen LogP contribution in [0, 0.1) is 5.92 Å². The minimum atomic E-state index is 0.133. The van der Waals surface area contributed by atoms with Crippen molar-refractivity contribution in [3.05, 3.63) is 12.4 Å². The molecular weight excluding hydrogens is 216 g/mol. The Labute approximate surface area is 102 Å². The zero-order chi connectivity index (χ0) is 12.3. The minimum absolute atomic E-state index is 0.133. The highest BCUT2D eigenvalue weighted by Crippen LogP contribution is 2.23. The molecule has 0 spiro atoms. The summed E-state index contributed by atoms with van der Waals surface area (Å²) >= 11 is 0. The standard InChI is InChI=1S/C12H20N4O/c1-9(2)17-12-5-11(14-8-15-12)16-4-3-10(6-13)7-16/h5,8-10H,3-4,6-7,13H2,1-2H3. The Bertz CT molecular complexity index is 369. The number of ether oxygens (including phenoxy) is 1. The number of anilines is 1. The maximum atomic E-state index is 5.69. The molecule has 0 aliphatic carbocycles. The van der Waals surface area contributed by atoms with Crippen LogP contribution < -0.4 is 15.4 Å². The van der Waals surface area contributed by atoms with E-state index in [1.807, 2.05) is 19.9 Å². The average Bonchev–Trinajstić information content (AvgIpc) is 2.77. The second-order valence-electron chi connectivity index (χ2n) is 4.72. The smallest absolute Gasteiger partial charge is 0.218 e. The summed E-state index contributed by atoms with van der Waals surface area (Å²) in [5.74, 6) is 2.16. The van der Waals surface area contributed by atoms with Gasteiger partial charge < -0.3 is 15.4 Å². The fraction of sp³-hybridized carbons (Fsp3) is 0.667. The van der Waals surface area contributed by atoms with Gasteiger partial charge in [-0.3, -0.25) is 0 Å². The quantitative estimate of drug-likeness (QED) is 0.846. The van der Waals surface area contributed by atoms with Gasteiger partial charge in [0, 0.05) is 19.2 Å². The molecule has 0 saturated carbocycles. The largest absolute Gasteiger partial charge is 0.475 e. The Balaban J connectivity index is 2.06. The lowest BCUT2D eigenvalue weighted by Gasteiger charge is -2.18. The lowest BCUT2D eigenvalue weighted by Crippen LogP contribution is -2.23. The van der Waals surface area contributed by atoms with Crippen molar-refractivity contribution in [1.82, 2.24) is 9.97 Å². The van der Waals surface area contributed by atoms with Gasteiger partial charge in [-0.25, -0.2) is 9.97 Å². The highest BCUT2D eigenvalue weighted by Gasteiger charge is 2.22. The van der Waals surface area contributed by atoms with E-state index in [0.717, 1.165) is 31.9 Å². The van der Waals surface area contributed by atoms with Crippen LogP contribution in [-0.4, -0.2) is 35.7 Å². The van der Waals surface area contributed by atoms with Crippen molar-refractivity contribution < 1.29 is 4.74 Å². The molecule has 0 bridgehead atoms. The summed E-state index contributed by atoms with van der Waals surface area (Å²) in [6.07, 6.45) is 2.83. The molecule has 17 heavy (non-hydrogen) atoms. The van der Waals surface area contributed by atoms with Crippen LogP contribution in [0.2, 0.25) is 0 Å². The first kappa shape index (κ1) is 12.1. The van der Waals surface area contributed by atoms with Gasteiger partial charge in [-0.1, -0.05) is 0 Å². The van der Waals surface area contributed by atoms with Gasteiger partial charge in [-0.05, 0) is 32.7 Å². The van der Waals surface area contributed by atoms with Crippen LogP contribution in [0.25, 0.3) is 0 Å². The van der Waals surface area contributed by atoms with Crippen molar-refractivity contribution in [3.8, 4) is 5.88 Å². The monoisotopic (exact) mass is 236 g/mol. The van der Waals surface area contributed by atoms with Gasteiger partial charge in [0.25, 0.3) is 0 Å². The van der Waals surface area contributed by atoms with Crippen LogP contribution in [0.4, 0.5) is 5.82 Å². The summed E-state index contributed by atoms with van der Waals surface area (Å²) in [6.45, 7) is 6.72. The van der Waals surface area contributed by atoms with E-state index in [-0.39, 0.29) is 6.10 Å². The Morgan fingerprint density at radius 3 is 3.00 bits per heavy atom. The molecule has 1 aromatic rings. The molecule has 1 unspecified atom stereocenters. The first-order valence-corrected chi connectivity index (χ1v) is 6.12. The second kappa shape index (κ2) is 5.31. The molecule has 0 amide bonds. The third kappa shape index (κ3) is 3.06. The van der Waals surface area contributed by atoms with Crippen LogP contribution in [-0.2, 0) is 0 Å². The zero-order valence-corrected chi connectivity index (χ0v) is 10.5. The third-order valence-corrected chi connectivity index (χ3v) is 2.93. The van der Waals surface area contributed by atoms with E-state index in [1.54, 1.807) is 6.33 Å². The van der Waals surface area contributed by atoms with Gasteiger partial charge in [0.2, 0.25) is 5.88 Å². The predicted molar refractivity (Wildman–Crippen MR) is 67.2 cm³/mol. The maximum absolute atomic E-state index is 5.69. The molecule has 1 atom stereocenters. The molecule has 94 valence electrons. The molecule has 1 aromatic heterocycles. The lowest BCUT2D eigenvalue weighted by atomic mass is 10.1. The maximum Gasteiger partial charge on any atom is 0.218 e. The zero-order valence-electron chi connectivity index (χ0n) is 10.5. The molecule has 2 heterocycles. The van der Waals surface area contributed by atoms with E-state index < -0.39 is 0 Å². The van der Waals surface area contributed by atoms with E-state index in [1.165, 1.54) is 0 Å². The van der Waals surface area contributed by atoms with Crippen LogP contribution in [0.5, 0.6) is 5.88 Å². The van der Waals surface area contributed by atoms with E-state index in [2.05, 4.69) is 14.9 Å². The van der Waals surface area contributed by atoms with E-state index >= 15 is 0 Å². The number of nitrogens with zero attached hydrogens (tertiary/aromatic N) is 3. The minimum Gasteiger partial charge on any atom is -0.475 e. The summed E-state index contributed by atoms with van der Waals surface area (Å²) in [5, 5.41) is 0. The van der Waals surface area contributed by atoms with Crippen LogP contribution in [0.15, 0.2) is 12.4 Å². The summed E-state index contributed by atoms with van der Waals surface area (Å²) in [4.78, 5) is 10.6. The number of rotatable bonds is 4. The third-order valence-electron chi connectivity index (χ3n) is 2.93. The molecule has 5 nitrogen and oxygen atoms in total. The van der Waals surface area contributed by atoms with Gasteiger partial charge in [-0.15, -0.1) is 0 Å². The normalized spacial score (nSPS) is 20.0. The number of hydrogen-bond donors (Lipinski definition) is 1. The fourth-order valence-electron chi connectivity index (χ4n) is 2.04. The Kier molecular flexibility index (Phi) is 3.78. The van der Waals surface area contributed by atoms with Crippen molar-refractivity contribution in [1.29, 1.82) is 0 Å². The van der Waals surface area contributed by atoms with Gasteiger partial charge in [0.05, 0.1) is 6.10 Å².